The zero-order chi connectivity index (χ0) is 28.9. The fourth-order valence-electron chi connectivity index (χ4n) is 4.48. The molecule has 208 valence electrons. The minimum Gasteiger partial charge on any atom is -0.497 e. The number of fused-ring (bicyclic) bond motifs is 1. The Morgan fingerprint density at radius 2 is 1.85 bits per heavy atom. The van der Waals surface area contributed by atoms with Gasteiger partial charge in [-0.1, -0.05) is 29.7 Å². The Kier molecular flexibility index (Phi) is 9.05. The van der Waals surface area contributed by atoms with Gasteiger partial charge in [-0.3, -0.25) is 4.79 Å². The van der Waals surface area contributed by atoms with E-state index < -0.39 is 22.0 Å². The number of aromatic nitrogens is 1. The average Bonchev–Trinajstić information content (AvgIpc) is 3.18. The standard InChI is InChI=1S/C30H29ClN2O6S/c1-4-5-15-39-23-10-12-25(13-11-23)40(36,37)32-28(30(34)35)18-26-20(2)33(29-14-9-22(31)17-27(26)29)19-21-7-6-8-24(16-21)38-3/h6-14,16-17,28,32H,15,18-19H2,1-3H3,(H,34,35). The zero-order valence-corrected chi connectivity index (χ0v) is 23.8. The third-order valence-corrected chi connectivity index (χ3v) is 8.24. The van der Waals surface area contributed by atoms with E-state index in [9.17, 15) is 18.3 Å². The van der Waals surface area contributed by atoms with Crippen LogP contribution in [0.5, 0.6) is 11.5 Å². The predicted molar refractivity (Wildman–Crippen MR) is 155 cm³/mol. The minimum atomic E-state index is -4.15. The molecule has 0 aliphatic heterocycles. The molecule has 1 unspecified atom stereocenters. The monoisotopic (exact) mass is 580 g/mol. The van der Waals surface area contributed by atoms with E-state index in [0.29, 0.717) is 22.9 Å². The van der Waals surface area contributed by atoms with Gasteiger partial charge in [-0.25, -0.2) is 8.42 Å². The number of nitrogens with one attached hydrogen (secondary N) is 1. The quantitative estimate of drug-likeness (QED) is 0.241. The SMILES string of the molecule is CC#CCOc1ccc(S(=O)(=O)NC(Cc2c(C)n(Cc3cccc(OC)c3)c3ccc(Cl)cc23)C(=O)O)cc1. The van der Waals surface area contributed by atoms with Crippen molar-refractivity contribution < 1.29 is 27.8 Å². The molecule has 0 saturated carbocycles. The first kappa shape index (κ1) is 29.0. The number of benzene rings is 3. The van der Waals surface area contributed by atoms with Crippen LogP contribution in [-0.2, 0) is 27.8 Å². The smallest absolute Gasteiger partial charge is 0.322 e. The maximum absolute atomic E-state index is 13.1. The zero-order valence-electron chi connectivity index (χ0n) is 22.3. The lowest BCUT2D eigenvalue weighted by Crippen LogP contribution is -2.42. The maximum atomic E-state index is 13.1. The number of ether oxygens (including phenoxy) is 2. The fourth-order valence-corrected chi connectivity index (χ4v) is 5.85. The van der Waals surface area contributed by atoms with Gasteiger partial charge in [-0.15, -0.1) is 5.92 Å². The van der Waals surface area contributed by atoms with E-state index in [-0.39, 0.29) is 17.9 Å². The van der Waals surface area contributed by atoms with Gasteiger partial charge in [0.25, 0.3) is 0 Å². The maximum Gasteiger partial charge on any atom is 0.322 e. The van der Waals surface area contributed by atoms with Gasteiger partial charge in [0.2, 0.25) is 10.0 Å². The summed E-state index contributed by atoms with van der Waals surface area (Å²) in [6.07, 6.45) is -0.0841. The van der Waals surface area contributed by atoms with Crippen LogP contribution in [-0.4, -0.2) is 43.8 Å². The lowest BCUT2D eigenvalue weighted by atomic mass is 10.0. The molecule has 1 aromatic heterocycles. The van der Waals surface area contributed by atoms with Crippen LogP contribution in [0.25, 0.3) is 10.9 Å². The molecule has 1 heterocycles. The molecule has 4 rings (SSSR count). The van der Waals surface area contributed by atoms with Gasteiger partial charge in [0.1, 0.15) is 24.1 Å². The highest BCUT2D eigenvalue weighted by molar-refractivity contribution is 7.89. The molecular weight excluding hydrogens is 552 g/mol. The Morgan fingerprint density at radius 3 is 2.52 bits per heavy atom. The number of carboxylic acids is 1. The van der Waals surface area contributed by atoms with Gasteiger partial charge < -0.3 is 19.1 Å². The third-order valence-electron chi connectivity index (χ3n) is 6.52. The van der Waals surface area contributed by atoms with Crippen molar-refractivity contribution >= 4 is 38.5 Å². The number of aliphatic carboxylic acids is 1. The van der Waals surface area contributed by atoms with Gasteiger partial charge >= 0.3 is 5.97 Å². The molecular formula is C30H29ClN2O6S. The molecule has 0 saturated heterocycles. The van der Waals surface area contributed by atoms with Crippen molar-refractivity contribution in [1.82, 2.24) is 9.29 Å². The number of sulfonamides is 1. The van der Waals surface area contributed by atoms with Crippen LogP contribution in [0.3, 0.4) is 0 Å². The minimum absolute atomic E-state index is 0.0760. The Morgan fingerprint density at radius 1 is 1.10 bits per heavy atom. The highest BCUT2D eigenvalue weighted by Gasteiger charge is 2.28. The Bertz CT molecular complexity index is 1700. The van der Waals surface area contributed by atoms with Crippen LogP contribution in [0.15, 0.2) is 71.6 Å². The number of hydrogen-bond acceptors (Lipinski definition) is 5. The first-order valence-corrected chi connectivity index (χ1v) is 14.3. The van der Waals surface area contributed by atoms with Crippen molar-refractivity contribution in [2.75, 3.05) is 13.7 Å². The summed E-state index contributed by atoms with van der Waals surface area (Å²) in [6, 6.07) is 17.4. The molecule has 0 amide bonds. The normalized spacial score (nSPS) is 12.0. The van der Waals surface area contributed by atoms with Crippen LogP contribution in [0, 0.1) is 18.8 Å². The van der Waals surface area contributed by atoms with Crippen LogP contribution in [0.2, 0.25) is 5.02 Å². The van der Waals surface area contributed by atoms with Crippen molar-refractivity contribution in [3.8, 4) is 23.3 Å². The molecule has 8 nitrogen and oxygen atoms in total. The van der Waals surface area contributed by atoms with Crippen molar-refractivity contribution in [3.63, 3.8) is 0 Å². The van der Waals surface area contributed by atoms with Crippen LogP contribution in [0.1, 0.15) is 23.7 Å². The molecule has 10 heteroatoms. The van der Waals surface area contributed by atoms with E-state index in [0.717, 1.165) is 27.9 Å². The number of carboxylic acid groups (broad SMARTS) is 1. The van der Waals surface area contributed by atoms with Gasteiger partial charge in [0, 0.05) is 34.6 Å². The van der Waals surface area contributed by atoms with Crippen LogP contribution >= 0.6 is 11.6 Å². The molecule has 3 aromatic carbocycles. The number of rotatable bonds is 11. The molecule has 2 N–H and O–H groups in total. The van der Waals surface area contributed by atoms with Crippen molar-refractivity contribution in [2.45, 2.75) is 37.8 Å². The number of methoxy groups -OCH3 is 1. The summed E-state index contributed by atoms with van der Waals surface area (Å²) in [6.45, 7) is 4.26. The average molecular weight is 581 g/mol. The van der Waals surface area contributed by atoms with Gasteiger partial charge in [-0.05, 0) is 79.6 Å². The van der Waals surface area contributed by atoms with Crippen LogP contribution < -0.4 is 14.2 Å². The Labute approximate surface area is 238 Å². The summed E-state index contributed by atoms with van der Waals surface area (Å²) >= 11 is 6.32. The Hall–Kier alpha value is -3.97. The largest absolute Gasteiger partial charge is 0.497 e. The highest BCUT2D eigenvalue weighted by Crippen LogP contribution is 2.31. The van der Waals surface area contributed by atoms with Crippen molar-refractivity contribution in [3.05, 3.63) is 88.6 Å². The lowest BCUT2D eigenvalue weighted by molar-refractivity contribution is -0.138. The van der Waals surface area contributed by atoms with E-state index in [1.54, 1.807) is 26.2 Å². The summed E-state index contributed by atoms with van der Waals surface area (Å²) in [5, 5.41) is 11.3. The second-order valence-corrected chi connectivity index (χ2v) is 11.2. The number of halogens is 1. The second kappa shape index (κ2) is 12.5. The van der Waals surface area contributed by atoms with Gasteiger partial charge in [-0.2, -0.15) is 4.72 Å². The lowest BCUT2D eigenvalue weighted by Gasteiger charge is -2.16. The van der Waals surface area contributed by atoms with Crippen LogP contribution in [0.4, 0.5) is 0 Å². The van der Waals surface area contributed by atoms with Gasteiger partial charge in [0.15, 0.2) is 0 Å². The summed E-state index contributed by atoms with van der Waals surface area (Å²) in [5.74, 6) is 5.36. The molecule has 0 fully saturated rings. The number of hydrogen-bond donors (Lipinski definition) is 2. The first-order valence-electron chi connectivity index (χ1n) is 12.4. The van der Waals surface area contributed by atoms with Crippen molar-refractivity contribution in [1.29, 1.82) is 0 Å². The van der Waals surface area contributed by atoms with E-state index in [1.807, 2.05) is 37.3 Å². The summed E-state index contributed by atoms with van der Waals surface area (Å²) in [7, 11) is -2.55. The van der Waals surface area contributed by atoms with Crippen molar-refractivity contribution in [2.24, 2.45) is 0 Å². The number of nitrogens with zero attached hydrogens (tertiary/aromatic N) is 1. The van der Waals surface area contributed by atoms with E-state index >= 15 is 0 Å². The summed E-state index contributed by atoms with van der Waals surface area (Å²) < 4.78 is 41.5. The topological polar surface area (TPSA) is 107 Å². The third kappa shape index (κ3) is 6.59. The molecule has 0 radical (unpaired) electrons. The summed E-state index contributed by atoms with van der Waals surface area (Å²) in [5.41, 5.74) is 3.35. The van der Waals surface area contributed by atoms with E-state index in [2.05, 4.69) is 21.1 Å². The molecule has 0 aliphatic carbocycles. The predicted octanol–water partition coefficient (Wildman–Crippen LogP) is 5.04. The van der Waals surface area contributed by atoms with E-state index in [4.69, 9.17) is 21.1 Å². The van der Waals surface area contributed by atoms with E-state index in [1.165, 1.54) is 24.3 Å². The first-order chi connectivity index (χ1) is 19.1. The number of carbonyl (C=O) groups is 1. The molecule has 0 spiro atoms. The second-order valence-electron chi connectivity index (χ2n) is 9.07. The summed E-state index contributed by atoms with van der Waals surface area (Å²) in [4.78, 5) is 12.2. The Balaban J connectivity index is 1.64. The molecule has 0 bridgehead atoms. The molecule has 0 aliphatic rings. The highest BCUT2D eigenvalue weighted by atomic mass is 35.5. The molecule has 1 atom stereocenters. The molecule has 4 aromatic rings. The van der Waals surface area contributed by atoms with Gasteiger partial charge in [0.05, 0.1) is 12.0 Å². The molecule has 40 heavy (non-hydrogen) atoms. The fraction of sp³-hybridized carbons (Fsp3) is 0.233.